The number of aliphatic carboxylic acids is 1. The van der Waals surface area contributed by atoms with Crippen molar-refractivity contribution in [1.82, 2.24) is 9.55 Å². The second-order valence-corrected chi connectivity index (χ2v) is 4.48. The fourth-order valence-electron chi connectivity index (χ4n) is 2.03. The average molecular weight is 260 g/mol. The number of H-pyrrole nitrogens is 1. The van der Waals surface area contributed by atoms with Crippen LogP contribution in [-0.4, -0.2) is 20.6 Å². The second kappa shape index (κ2) is 5.56. The monoisotopic (exact) mass is 260 g/mol. The predicted molar refractivity (Wildman–Crippen MR) is 71.7 cm³/mol. The molecule has 0 fully saturated rings. The minimum absolute atomic E-state index is 0.156. The van der Waals surface area contributed by atoms with Gasteiger partial charge in [-0.05, 0) is 37.5 Å². The van der Waals surface area contributed by atoms with Gasteiger partial charge < -0.3 is 10.1 Å². The van der Waals surface area contributed by atoms with Crippen molar-refractivity contribution in [3.63, 3.8) is 0 Å². The Morgan fingerprint density at radius 2 is 2.00 bits per heavy atom. The van der Waals surface area contributed by atoms with Crippen LogP contribution in [0.2, 0.25) is 0 Å². The number of imidazole rings is 1. The predicted octanol–water partition coefficient (Wildman–Crippen LogP) is 1.88. The quantitative estimate of drug-likeness (QED) is 0.861. The van der Waals surface area contributed by atoms with E-state index in [1.165, 1.54) is 0 Å². The lowest BCUT2D eigenvalue weighted by Gasteiger charge is -2.05. The first kappa shape index (κ1) is 13.1. The Bertz CT molecular complexity index is 623. The van der Waals surface area contributed by atoms with Gasteiger partial charge in [0.15, 0.2) is 0 Å². The molecular weight excluding hydrogens is 244 g/mol. The van der Waals surface area contributed by atoms with Gasteiger partial charge in [-0.2, -0.15) is 0 Å². The second-order valence-electron chi connectivity index (χ2n) is 4.48. The number of aryl methyl sites for hydroxylation is 2. The van der Waals surface area contributed by atoms with Crippen LogP contribution in [0.5, 0.6) is 0 Å². The van der Waals surface area contributed by atoms with Gasteiger partial charge in [-0.25, -0.2) is 4.79 Å². The van der Waals surface area contributed by atoms with Crippen molar-refractivity contribution in [2.24, 2.45) is 0 Å². The Balaban J connectivity index is 2.11. The number of carboxylic acid groups (broad SMARTS) is 1. The van der Waals surface area contributed by atoms with Gasteiger partial charge in [0.2, 0.25) is 0 Å². The fourth-order valence-corrected chi connectivity index (χ4v) is 2.03. The molecule has 100 valence electrons. The molecule has 5 nitrogen and oxygen atoms in total. The average Bonchev–Trinajstić information content (AvgIpc) is 2.70. The van der Waals surface area contributed by atoms with Crippen molar-refractivity contribution in [2.45, 2.75) is 26.2 Å². The molecule has 0 radical (unpaired) electrons. The summed E-state index contributed by atoms with van der Waals surface area (Å²) in [5.74, 6) is -0.772. The van der Waals surface area contributed by atoms with E-state index >= 15 is 0 Å². The SMILES string of the molecule is Cc1c[nH]c(=O)n1-c1ccc(CCCC(=O)O)cc1. The van der Waals surface area contributed by atoms with E-state index in [9.17, 15) is 9.59 Å². The number of hydrogen-bond donors (Lipinski definition) is 2. The van der Waals surface area contributed by atoms with E-state index in [-0.39, 0.29) is 12.1 Å². The van der Waals surface area contributed by atoms with Crippen LogP contribution in [0.15, 0.2) is 35.3 Å². The Hall–Kier alpha value is -2.30. The molecule has 0 aliphatic heterocycles. The maximum atomic E-state index is 11.6. The van der Waals surface area contributed by atoms with Crippen LogP contribution in [0.25, 0.3) is 5.69 Å². The minimum atomic E-state index is -0.772. The van der Waals surface area contributed by atoms with E-state index in [2.05, 4.69) is 4.98 Å². The number of carboxylic acids is 1. The van der Waals surface area contributed by atoms with Gasteiger partial charge in [0, 0.05) is 18.3 Å². The van der Waals surface area contributed by atoms with Gasteiger partial charge in [0.05, 0.1) is 5.69 Å². The molecule has 0 unspecified atom stereocenters. The molecule has 0 bridgehead atoms. The first-order valence-corrected chi connectivity index (χ1v) is 6.16. The number of hydrogen-bond acceptors (Lipinski definition) is 2. The Morgan fingerprint density at radius 1 is 1.32 bits per heavy atom. The van der Waals surface area contributed by atoms with Crippen molar-refractivity contribution in [2.75, 3.05) is 0 Å². The van der Waals surface area contributed by atoms with Crippen LogP contribution < -0.4 is 5.69 Å². The molecule has 1 heterocycles. The van der Waals surface area contributed by atoms with Gasteiger partial charge >= 0.3 is 11.7 Å². The zero-order chi connectivity index (χ0) is 13.8. The summed E-state index contributed by atoms with van der Waals surface area (Å²) < 4.78 is 1.60. The third-order valence-corrected chi connectivity index (χ3v) is 3.01. The maximum Gasteiger partial charge on any atom is 0.330 e. The molecule has 0 aliphatic carbocycles. The van der Waals surface area contributed by atoms with Crippen molar-refractivity contribution in [3.05, 3.63) is 52.2 Å². The lowest BCUT2D eigenvalue weighted by molar-refractivity contribution is -0.137. The molecule has 0 atom stereocenters. The van der Waals surface area contributed by atoms with Gasteiger partial charge in [0.25, 0.3) is 0 Å². The molecular formula is C14H16N2O3. The Kier molecular flexibility index (Phi) is 3.85. The van der Waals surface area contributed by atoms with Crippen molar-refractivity contribution >= 4 is 5.97 Å². The summed E-state index contributed by atoms with van der Waals surface area (Å²) in [7, 11) is 0. The molecule has 0 amide bonds. The molecule has 2 aromatic rings. The Labute approximate surface area is 110 Å². The normalized spacial score (nSPS) is 10.6. The van der Waals surface area contributed by atoms with Gasteiger partial charge in [-0.15, -0.1) is 0 Å². The highest BCUT2D eigenvalue weighted by molar-refractivity contribution is 5.66. The van der Waals surface area contributed by atoms with Crippen molar-refractivity contribution in [1.29, 1.82) is 0 Å². The van der Waals surface area contributed by atoms with Crippen LogP contribution in [0.3, 0.4) is 0 Å². The number of carbonyl (C=O) groups is 1. The van der Waals surface area contributed by atoms with Gasteiger partial charge in [0.1, 0.15) is 0 Å². The first-order chi connectivity index (χ1) is 9.08. The van der Waals surface area contributed by atoms with Crippen LogP contribution in [0.4, 0.5) is 0 Å². The fraction of sp³-hybridized carbons (Fsp3) is 0.286. The van der Waals surface area contributed by atoms with E-state index in [1.807, 2.05) is 31.2 Å². The molecule has 0 aliphatic rings. The van der Waals surface area contributed by atoms with Crippen LogP contribution in [-0.2, 0) is 11.2 Å². The van der Waals surface area contributed by atoms with Crippen LogP contribution >= 0.6 is 0 Å². The zero-order valence-corrected chi connectivity index (χ0v) is 10.7. The van der Waals surface area contributed by atoms with E-state index in [4.69, 9.17) is 5.11 Å². The number of aromatic amines is 1. The van der Waals surface area contributed by atoms with E-state index in [1.54, 1.807) is 10.8 Å². The number of aromatic nitrogens is 2. The summed E-state index contributed by atoms with van der Waals surface area (Å²) >= 11 is 0. The van der Waals surface area contributed by atoms with Crippen molar-refractivity contribution < 1.29 is 9.90 Å². The number of nitrogens with one attached hydrogen (secondary N) is 1. The summed E-state index contributed by atoms with van der Waals surface area (Å²) in [6, 6.07) is 7.60. The summed E-state index contributed by atoms with van der Waals surface area (Å²) in [5.41, 5.74) is 2.58. The van der Waals surface area contributed by atoms with Crippen molar-refractivity contribution in [3.8, 4) is 5.69 Å². The molecule has 1 aromatic heterocycles. The third kappa shape index (κ3) is 3.13. The lowest BCUT2D eigenvalue weighted by atomic mass is 10.1. The van der Waals surface area contributed by atoms with Crippen LogP contribution in [0.1, 0.15) is 24.1 Å². The van der Waals surface area contributed by atoms with Gasteiger partial charge in [-0.1, -0.05) is 12.1 Å². The molecule has 0 spiro atoms. The molecule has 1 aromatic carbocycles. The molecule has 0 saturated heterocycles. The first-order valence-electron chi connectivity index (χ1n) is 6.16. The summed E-state index contributed by atoms with van der Waals surface area (Å²) in [6.07, 6.45) is 3.20. The Morgan fingerprint density at radius 3 is 2.53 bits per heavy atom. The largest absolute Gasteiger partial charge is 0.481 e. The van der Waals surface area contributed by atoms with E-state index in [0.29, 0.717) is 6.42 Å². The lowest BCUT2D eigenvalue weighted by Crippen LogP contribution is -2.15. The maximum absolute atomic E-state index is 11.6. The smallest absolute Gasteiger partial charge is 0.330 e. The number of nitrogens with zero attached hydrogens (tertiary/aromatic N) is 1. The van der Waals surface area contributed by atoms with Crippen LogP contribution in [0, 0.1) is 6.92 Å². The molecule has 19 heavy (non-hydrogen) atoms. The van der Waals surface area contributed by atoms with Gasteiger partial charge in [-0.3, -0.25) is 9.36 Å². The summed E-state index contributed by atoms with van der Waals surface area (Å²) in [6.45, 7) is 1.86. The van der Waals surface area contributed by atoms with E-state index < -0.39 is 5.97 Å². The number of benzene rings is 1. The summed E-state index contributed by atoms with van der Waals surface area (Å²) in [4.78, 5) is 24.7. The summed E-state index contributed by atoms with van der Waals surface area (Å²) in [5, 5.41) is 8.58. The number of rotatable bonds is 5. The topological polar surface area (TPSA) is 75.1 Å². The van der Waals surface area contributed by atoms with E-state index in [0.717, 1.165) is 23.4 Å². The highest BCUT2D eigenvalue weighted by Gasteiger charge is 2.04. The highest BCUT2D eigenvalue weighted by Crippen LogP contribution is 2.12. The third-order valence-electron chi connectivity index (χ3n) is 3.01. The standard InChI is InChI=1S/C14H16N2O3/c1-10-9-15-14(19)16(10)12-7-5-11(6-8-12)3-2-4-13(17)18/h5-9H,2-4H2,1H3,(H,15,19)(H,17,18). The highest BCUT2D eigenvalue weighted by atomic mass is 16.4. The molecule has 2 rings (SSSR count). The molecule has 0 saturated carbocycles. The molecule has 5 heteroatoms. The minimum Gasteiger partial charge on any atom is -0.481 e. The zero-order valence-electron chi connectivity index (χ0n) is 10.7. The molecule has 2 N–H and O–H groups in total.